The van der Waals surface area contributed by atoms with Crippen LogP contribution in [-0.2, 0) is 4.79 Å². The Hall–Kier alpha value is -2.10. The van der Waals surface area contributed by atoms with Crippen molar-refractivity contribution in [2.45, 2.75) is 25.7 Å². The third kappa shape index (κ3) is 2.33. The highest BCUT2D eigenvalue weighted by molar-refractivity contribution is 6.14. The Bertz CT molecular complexity index is 590. The van der Waals surface area contributed by atoms with E-state index in [1.165, 1.54) is 6.42 Å². The van der Waals surface area contributed by atoms with Crippen molar-refractivity contribution in [2.24, 2.45) is 4.99 Å². The highest BCUT2D eigenvalue weighted by Gasteiger charge is 2.30. The fourth-order valence-electron chi connectivity index (χ4n) is 2.68. The van der Waals surface area contributed by atoms with E-state index in [9.17, 15) is 4.79 Å². The molecule has 0 aromatic heterocycles. The van der Waals surface area contributed by atoms with Gasteiger partial charge in [-0.1, -0.05) is 24.6 Å². The van der Waals surface area contributed by atoms with Gasteiger partial charge in [-0.15, -0.1) is 0 Å². The predicted molar refractivity (Wildman–Crippen MR) is 78.6 cm³/mol. The lowest BCUT2D eigenvalue weighted by molar-refractivity contribution is -0.122. The van der Waals surface area contributed by atoms with Crippen LogP contribution in [-0.4, -0.2) is 30.3 Å². The van der Waals surface area contributed by atoms with Crippen LogP contribution in [0.25, 0.3) is 6.08 Å². The first-order valence-electron chi connectivity index (χ1n) is 7.04. The summed E-state index contributed by atoms with van der Waals surface area (Å²) in [6.45, 7) is 0.793. The summed E-state index contributed by atoms with van der Waals surface area (Å²) in [4.78, 5) is 18.7. The summed E-state index contributed by atoms with van der Waals surface area (Å²) >= 11 is 0. The maximum Gasteiger partial charge on any atom is 0.277 e. The molecular weight excluding hydrogens is 252 g/mol. The number of hydrogen-bond acceptors (Lipinski definition) is 3. The number of carbonyl (C=O) groups is 1. The summed E-state index contributed by atoms with van der Waals surface area (Å²) in [5.74, 6) is 1.71. The van der Waals surface area contributed by atoms with E-state index in [1.807, 2.05) is 35.2 Å². The van der Waals surface area contributed by atoms with Gasteiger partial charge >= 0.3 is 0 Å². The zero-order valence-electron chi connectivity index (χ0n) is 11.6. The SMILES string of the molecule is COc1ccccc1/C=C1\N=C2CCCCCN2C1=O. The number of carbonyl (C=O) groups excluding carboxylic acids is 1. The van der Waals surface area contributed by atoms with Gasteiger partial charge in [0.15, 0.2) is 0 Å². The van der Waals surface area contributed by atoms with E-state index in [2.05, 4.69) is 4.99 Å². The smallest absolute Gasteiger partial charge is 0.277 e. The van der Waals surface area contributed by atoms with Crippen LogP contribution in [0.2, 0.25) is 0 Å². The van der Waals surface area contributed by atoms with Gasteiger partial charge in [0.2, 0.25) is 0 Å². The average Bonchev–Trinajstić information content (AvgIpc) is 2.66. The molecule has 0 bridgehead atoms. The number of benzene rings is 1. The van der Waals surface area contributed by atoms with Gasteiger partial charge in [0, 0.05) is 18.5 Å². The first-order valence-corrected chi connectivity index (χ1v) is 7.04. The summed E-state index contributed by atoms with van der Waals surface area (Å²) in [7, 11) is 1.63. The number of methoxy groups -OCH3 is 1. The molecule has 20 heavy (non-hydrogen) atoms. The van der Waals surface area contributed by atoms with Gasteiger partial charge in [0.25, 0.3) is 5.91 Å². The van der Waals surface area contributed by atoms with Crippen LogP contribution in [0.15, 0.2) is 35.0 Å². The number of nitrogens with zero attached hydrogens (tertiary/aromatic N) is 2. The van der Waals surface area contributed by atoms with Crippen molar-refractivity contribution in [2.75, 3.05) is 13.7 Å². The minimum atomic E-state index is 0.0211. The topological polar surface area (TPSA) is 41.9 Å². The molecule has 0 aliphatic carbocycles. The van der Waals surface area contributed by atoms with Crippen LogP contribution >= 0.6 is 0 Å². The van der Waals surface area contributed by atoms with Crippen LogP contribution in [0.5, 0.6) is 5.75 Å². The molecule has 0 radical (unpaired) electrons. The lowest BCUT2D eigenvalue weighted by Crippen LogP contribution is -2.31. The molecule has 4 heteroatoms. The van der Waals surface area contributed by atoms with Crippen molar-refractivity contribution >= 4 is 17.8 Å². The number of ether oxygens (including phenoxy) is 1. The second-order valence-electron chi connectivity index (χ2n) is 5.07. The summed E-state index contributed by atoms with van der Waals surface area (Å²) < 4.78 is 5.31. The van der Waals surface area contributed by atoms with Crippen LogP contribution in [0.3, 0.4) is 0 Å². The van der Waals surface area contributed by atoms with E-state index < -0.39 is 0 Å². The van der Waals surface area contributed by atoms with Crippen LogP contribution < -0.4 is 4.74 Å². The van der Waals surface area contributed by atoms with Gasteiger partial charge in [-0.05, 0) is 25.0 Å². The van der Waals surface area contributed by atoms with Crippen molar-refractivity contribution in [3.63, 3.8) is 0 Å². The Morgan fingerprint density at radius 2 is 2.10 bits per heavy atom. The largest absolute Gasteiger partial charge is 0.496 e. The Balaban J connectivity index is 1.94. The fraction of sp³-hybridized carbons (Fsp3) is 0.375. The highest BCUT2D eigenvalue weighted by Crippen LogP contribution is 2.26. The fourth-order valence-corrected chi connectivity index (χ4v) is 2.68. The quantitative estimate of drug-likeness (QED) is 0.775. The molecule has 2 heterocycles. The number of rotatable bonds is 2. The molecule has 1 amide bonds. The Morgan fingerprint density at radius 3 is 2.95 bits per heavy atom. The molecule has 0 N–H and O–H groups in total. The molecule has 1 aromatic carbocycles. The third-order valence-electron chi connectivity index (χ3n) is 3.74. The van der Waals surface area contributed by atoms with E-state index in [0.717, 1.165) is 43.0 Å². The van der Waals surface area contributed by atoms with Crippen LogP contribution in [0.1, 0.15) is 31.2 Å². The molecular formula is C16H18N2O2. The van der Waals surface area contributed by atoms with E-state index >= 15 is 0 Å². The van der Waals surface area contributed by atoms with E-state index in [1.54, 1.807) is 7.11 Å². The number of amidine groups is 1. The number of aliphatic imine (C=N–C) groups is 1. The van der Waals surface area contributed by atoms with E-state index in [0.29, 0.717) is 5.70 Å². The van der Waals surface area contributed by atoms with E-state index in [-0.39, 0.29) is 5.91 Å². The third-order valence-corrected chi connectivity index (χ3v) is 3.74. The zero-order chi connectivity index (χ0) is 13.9. The summed E-state index contributed by atoms with van der Waals surface area (Å²) in [6, 6.07) is 7.66. The number of para-hydroxylation sites is 1. The lowest BCUT2D eigenvalue weighted by atomic mass is 10.1. The predicted octanol–water partition coefficient (Wildman–Crippen LogP) is 2.85. The van der Waals surface area contributed by atoms with Crippen molar-refractivity contribution in [1.29, 1.82) is 0 Å². The molecule has 104 valence electrons. The second kappa shape index (κ2) is 5.49. The molecule has 3 rings (SSSR count). The molecule has 1 saturated heterocycles. The van der Waals surface area contributed by atoms with Gasteiger partial charge in [-0.25, -0.2) is 4.99 Å². The molecule has 0 atom stereocenters. The molecule has 1 fully saturated rings. The Morgan fingerprint density at radius 1 is 1.25 bits per heavy atom. The minimum absolute atomic E-state index is 0.0211. The molecule has 1 aromatic rings. The van der Waals surface area contributed by atoms with Gasteiger partial charge in [-0.2, -0.15) is 0 Å². The molecule has 0 spiro atoms. The maximum atomic E-state index is 12.4. The first kappa shape index (κ1) is 12.9. The molecule has 2 aliphatic rings. The zero-order valence-corrected chi connectivity index (χ0v) is 11.6. The lowest BCUT2D eigenvalue weighted by Gasteiger charge is -2.14. The maximum absolute atomic E-state index is 12.4. The van der Waals surface area contributed by atoms with E-state index in [4.69, 9.17) is 4.74 Å². The number of hydrogen-bond donors (Lipinski definition) is 0. The first-order chi connectivity index (χ1) is 9.79. The monoisotopic (exact) mass is 270 g/mol. The van der Waals surface area contributed by atoms with Crippen molar-refractivity contribution in [1.82, 2.24) is 4.90 Å². The minimum Gasteiger partial charge on any atom is -0.496 e. The molecule has 4 nitrogen and oxygen atoms in total. The molecule has 0 unspecified atom stereocenters. The van der Waals surface area contributed by atoms with Gasteiger partial charge in [0.05, 0.1) is 7.11 Å². The second-order valence-corrected chi connectivity index (χ2v) is 5.07. The summed E-state index contributed by atoms with van der Waals surface area (Å²) in [6.07, 6.45) is 6.07. The molecule has 0 saturated carbocycles. The van der Waals surface area contributed by atoms with Crippen molar-refractivity contribution in [3.8, 4) is 5.75 Å². The van der Waals surface area contributed by atoms with Gasteiger partial charge < -0.3 is 4.74 Å². The Labute approximate surface area is 118 Å². The van der Waals surface area contributed by atoms with Gasteiger partial charge in [0.1, 0.15) is 17.3 Å². The van der Waals surface area contributed by atoms with Crippen molar-refractivity contribution < 1.29 is 9.53 Å². The van der Waals surface area contributed by atoms with Crippen molar-refractivity contribution in [3.05, 3.63) is 35.5 Å². The average molecular weight is 270 g/mol. The molecule has 2 aliphatic heterocycles. The van der Waals surface area contributed by atoms with Crippen LogP contribution in [0.4, 0.5) is 0 Å². The summed E-state index contributed by atoms with van der Waals surface area (Å²) in [5, 5.41) is 0. The number of amides is 1. The number of fused-ring (bicyclic) bond motifs is 1. The van der Waals surface area contributed by atoms with Gasteiger partial charge in [-0.3, -0.25) is 9.69 Å². The normalized spacial score (nSPS) is 20.6. The highest BCUT2D eigenvalue weighted by atomic mass is 16.5. The summed E-state index contributed by atoms with van der Waals surface area (Å²) in [5.41, 5.74) is 1.41. The Kier molecular flexibility index (Phi) is 3.54. The standard InChI is InChI=1S/C16H18N2O2/c1-20-14-8-5-4-7-12(14)11-13-16(19)18-10-6-2-3-9-15(18)17-13/h4-5,7-8,11H,2-3,6,9-10H2,1H3/b13-11-. The van der Waals surface area contributed by atoms with Crippen LogP contribution in [0, 0.1) is 0 Å².